The van der Waals surface area contributed by atoms with Crippen molar-refractivity contribution in [3.63, 3.8) is 0 Å². The molecule has 3 N–H and O–H groups in total. The third kappa shape index (κ3) is 5.30. The van der Waals surface area contributed by atoms with Crippen LogP contribution in [0.4, 0.5) is 24.8 Å². The Hall–Kier alpha value is -3.47. The van der Waals surface area contributed by atoms with E-state index in [1.807, 2.05) is 0 Å². The molecule has 11 heteroatoms. The lowest BCUT2D eigenvalue weighted by atomic mass is 9.98. The SMILES string of the molecule is Cc1nn(C2COC2)cc1Nc1ncc(C(F)(F)F)c(CCc2ccccc2CC(N)=O)n1. The summed E-state index contributed by atoms with van der Waals surface area (Å²) in [5.74, 6) is -0.452. The number of hydrogen-bond donors (Lipinski definition) is 2. The number of aryl methyl sites for hydroxylation is 3. The second-order valence-electron chi connectivity index (χ2n) is 7.89. The van der Waals surface area contributed by atoms with E-state index in [9.17, 15) is 18.0 Å². The average Bonchev–Trinajstić information content (AvgIpc) is 3.04. The molecule has 2 aromatic heterocycles. The van der Waals surface area contributed by atoms with Gasteiger partial charge in [0, 0.05) is 12.4 Å². The van der Waals surface area contributed by atoms with Crippen LogP contribution in [0.25, 0.3) is 0 Å². The fraction of sp³-hybridized carbons (Fsp3) is 0.364. The number of halogens is 3. The molecular weight excluding hydrogens is 437 g/mol. The number of anilines is 2. The number of primary amides is 1. The topological polar surface area (TPSA) is 108 Å². The Kier molecular flexibility index (Phi) is 6.32. The second-order valence-corrected chi connectivity index (χ2v) is 7.89. The molecule has 3 heterocycles. The molecule has 33 heavy (non-hydrogen) atoms. The third-order valence-electron chi connectivity index (χ3n) is 5.45. The third-order valence-corrected chi connectivity index (χ3v) is 5.45. The Balaban J connectivity index is 1.57. The van der Waals surface area contributed by atoms with E-state index >= 15 is 0 Å². The first kappa shape index (κ1) is 22.7. The number of carbonyl (C=O) groups is 1. The van der Waals surface area contributed by atoms with Crippen LogP contribution in [-0.4, -0.2) is 38.9 Å². The highest BCUT2D eigenvalue weighted by Crippen LogP contribution is 2.32. The van der Waals surface area contributed by atoms with Crippen LogP contribution in [0.15, 0.2) is 36.7 Å². The first-order chi connectivity index (χ1) is 15.7. The van der Waals surface area contributed by atoms with E-state index in [1.165, 1.54) is 0 Å². The largest absolute Gasteiger partial charge is 0.419 e. The molecule has 1 fully saturated rings. The molecule has 1 aliphatic heterocycles. The summed E-state index contributed by atoms with van der Waals surface area (Å²) in [5.41, 5.74) is 6.99. The quantitative estimate of drug-likeness (QED) is 0.535. The number of alkyl halides is 3. The van der Waals surface area contributed by atoms with Gasteiger partial charge in [-0.25, -0.2) is 9.97 Å². The molecule has 8 nitrogen and oxygen atoms in total. The summed E-state index contributed by atoms with van der Waals surface area (Å²) in [5, 5.41) is 7.39. The summed E-state index contributed by atoms with van der Waals surface area (Å²) in [7, 11) is 0. The van der Waals surface area contributed by atoms with Gasteiger partial charge in [-0.2, -0.15) is 18.3 Å². The number of benzene rings is 1. The van der Waals surface area contributed by atoms with E-state index in [0.29, 0.717) is 30.2 Å². The molecule has 0 aliphatic carbocycles. The van der Waals surface area contributed by atoms with Gasteiger partial charge < -0.3 is 15.8 Å². The molecule has 1 amide bonds. The standard InChI is InChI=1S/C22H23F3N6O2/c1-13-19(10-31(30-13)16-11-33-12-16)29-21-27-9-17(22(23,24)25)18(28-21)7-6-14-4-2-3-5-15(14)8-20(26)32/h2-5,9-10,16H,6-8,11-12H2,1H3,(H2,26,32)(H,27,28,29). The van der Waals surface area contributed by atoms with Crippen LogP contribution in [0, 0.1) is 6.92 Å². The fourth-order valence-corrected chi connectivity index (χ4v) is 3.61. The smallest absolute Gasteiger partial charge is 0.377 e. The number of ether oxygens (including phenoxy) is 1. The number of hydrogen-bond acceptors (Lipinski definition) is 6. The van der Waals surface area contributed by atoms with Gasteiger partial charge in [0.1, 0.15) is 0 Å². The molecular formula is C22H23F3N6O2. The number of rotatable bonds is 8. The summed E-state index contributed by atoms with van der Waals surface area (Å²) >= 11 is 0. The minimum absolute atomic E-state index is 0.0134. The summed E-state index contributed by atoms with van der Waals surface area (Å²) in [6, 6.07) is 7.18. The number of carbonyl (C=O) groups excluding carboxylic acids is 1. The Morgan fingerprint density at radius 1 is 1.24 bits per heavy atom. The van der Waals surface area contributed by atoms with Crippen molar-refractivity contribution in [3.05, 3.63) is 64.7 Å². The van der Waals surface area contributed by atoms with Crippen LogP contribution in [0.2, 0.25) is 0 Å². The molecule has 0 radical (unpaired) electrons. The number of aromatic nitrogens is 4. The Morgan fingerprint density at radius 2 is 1.97 bits per heavy atom. The van der Waals surface area contributed by atoms with Gasteiger partial charge in [0.2, 0.25) is 11.9 Å². The molecule has 3 aromatic rings. The molecule has 1 aromatic carbocycles. The number of nitrogens with zero attached hydrogens (tertiary/aromatic N) is 4. The summed E-state index contributed by atoms with van der Waals surface area (Å²) < 4.78 is 47.7. The lowest BCUT2D eigenvalue weighted by Gasteiger charge is -2.25. The van der Waals surface area contributed by atoms with Gasteiger partial charge in [-0.15, -0.1) is 0 Å². The highest BCUT2D eigenvalue weighted by atomic mass is 19.4. The minimum atomic E-state index is -4.59. The molecule has 0 bridgehead atoms. The van der Waals surface area contributed by atoms with Gasteiger partial charge in [0.05, 0.1) is 48.3 Å². The second kappa shape index (κ2) is 9.18. The van der Waals surface area contributed by atoms with Gasteiger partial charge in [-0.05, 0) is 30.9 Å². The molecule has 1 saturated heterocycles. The fourth-order valence-electron chi connectivity index (χ4n) is 3.61. The van der Waals surface area contributed by atoms with Crippen molar-refractivity contribution < 1.29 is 22.7 Å². The van der Waals surface area contributed by atoms with Gasteiger partial charge in [0.15, 0.2) is 0 Å². The lowest BCUT2D eigenvalue weighted by molar-refractivity contribution is -0.138. The van der Waals surface area contributed by atoms with Crippen molar-refractivity contribution in [1.29, 1.82) is 0 Å². The van der Waals surface area contributed by atoms with E-state index in [4.69, 9.17) is 10.5 Å². The molecule has 1 aliphatic rings. The maximum atomic E-state index is 13.6. The first-order valence-electron chi connectivity index (χ1n) is 10.4. The van der Waals surface area contributed by atoms with Gasteiger partial charge in [0.25, 0.3) is 0 Å². The van der Waals surface area contributed by atoms with Crippen molar-refractivity contribution in [2.24, 2.45) is 5.73 Å². The van der Waals surface area contributed by atoms with Gasteiger partial charge in [-0.1, -0.05) is 24.3 Å². The number of amides is 1. The maximum Gasteiger partial charge on any atom is 0.419 e. The molecule has 4 rings (SSSR count). The monoisotopic (exact) mass is 460 g/mol. The molecule has 0 unspecified atom stereocenters. The minimum Gasteiger partial charge on any atom is -0.377 e. The van der Waals surface area contributed by atoms with Crippen LogP contribution in [0.5, 0.6) is 0 Å². The molecule has 0 atom stereocenters. The van der Waals surface area contributed by atoms with Crippen molar-refractivity contribution >= 4 is 17.5 Å². The van der Waals surface area contributed by atoms with E-state index < -0.39 is 17.6 Å². The van der Waals surface area contributed by atoms with Crippen molar-refractivity contribution in [2.75, 3.05) is 18.5 Å². The Bertz CT molecular complexity index is 1160. The van der Waals surface area contributed by atoms with Crippen molar-refractivity contribution in [1.82, 2.24) is 19.7 Å². The number of nitrogens with two attached hydrogens (primary N) is 1. The van der Waals surface area contributed by atoms with Crippen molar-refractivity contribution in [3.8, 4) is 0 Å². The maximum absolute atomic E-state index is 13.6. The van der Waals surface area contributed by atoms with E-state index in [-0.39, 0.29) is 36.9 Å². The van der Waals surface area contributed by atoms with Crippen LogP contribution < -0.4 is 11.1 Å². The Morgan fingerprint density at radius 3 is 2.61 bits per heavy atom. The first-order valence-corrected chi connectivity index (χ1v) is 10.4. The molecule has 0 saturated carbocycles. The zero-order valence-electron chi connectivity index (χ0n) is 17.9. The van der Waals surface area contributed by atoms with E-state index in [1.54, 1.807) is 42.1 Å². The number of nitrogens with one attached hydrogen (secondary N) is 1. The van der Waals surface area contributed by atoms with E-state index in [2.05, 4.69) is 20.4 Å². The predicted octanol–water partition coefficient (Wildman–Crippen LogP) is 3.13. The summed E-state index contributed by atoms with van der Waals surface area (Å²) in [6.45, 7) is 2.93. The normalized spacial score (nSPS) is 14.2. The van der Waals surface area contributed by atoms with Crippen LogP contribution in [-0.2, 0) is 35.0 Å². The molecule has 174 valence electrons. The average molecular weight is 460 g/mol. The summed E-state index contributed by atoms with van der Waals surface area (Å²) in [4.78, 5) is 19.4. The van der Waals surface area contributed by atoms with Crippen LogP contribution in [0.3, 0.4) is 0 Å². The van der Waals surface area contributed by atoms with E-state index in [0.717, 1.165) is 11.8 Å². The zero-order valence-corrected chi connectivity index (χ0v) is 17.9. The highest BCUT2D eigenvalue weighted by molar-refractivity contribution is 5.77. The highest BCUT2D eigenvalue weighted by Gasteiger charge is 2.35. The van der Waals surface area contributed by atoms with Crippen LogP contribution in [0.1, 0.15) is 34.1 Å². The van der Waals surface area contributed by atoms with Gasteiger partial charge in [-0.3, -0.25) is 9.48 Å². The Labute approximate surface area is 188 Å². The summed E-state index contributed by atoms with van der Waals surface area (Å²) in [6.07, 6.45) is -1.73. The predicted molar refractivity (Wildman–Crippen MR) is 114 cm³/mol. The zero-order chi connectivity index (χ0) is 23.6. The van der Waals surface area contributed by atoms with Crippen LogP contribution >= 0.6 is 0 Å². The lowest BCUT2D eigenvalue weighted by Crippen LogP contribution is -2.30. The molecule has 0 spiro atoms. The van der Waals surface area contributed by atoms with Gasteiger partial charge >= 0.3 is 6.18 Å². The van der Waals surface area contributed by atoms with Crippen molar-refractivity contribution in [2.45, 2.75) is 38.4 Å².